The minimum Gasteiger partial charge on any atom is -0.481 e. The number of nitrogens with two attached hydrogens (primary N) is 1. The first-order valence-corrected chi connectivity index (χ1v) is 11.0. The molecule has 0 spiro atoms. The number of aliphatic imine (C=N–C) groups is 1. The van der Waals surface area contributed by atoms with Gasteiger partial charge in [-0.3, -0.25) is 24.7 Å². The molecule has 0 saturated heterocycles. The quantitative estimate of drug-likeness (QED) is 0.361. The van der Waals surface area contributed by atoms with Crippen molar-refractivity contribution in [1.29, 1.82) is 0 Å². The Bertz CT molecular complexity index is 1250. The third-order valence-corrected chi connectivity index (χ3v) is 5.95. The van der Waals surface area contributed by atoms with Crippen LogP contribution in [0, 0.1) is 0 Å². The number of rotatable bonds is 7. The Kier molecular flexibility index (Phi) is 6.36. The number of pyridine rings is 2. The van der Waals surface area contributed by atoms with Gasteiger partial charge < -0.3 is 16.2 Å². The molecule has 9 heteroatoms. The van der Waals surface area contributed by atoms with E-state index in [0.29, 0.717) is 41.5 Å². The van der Waals surface area contributed by atoms with Crippen LogP contribution in [0.1, 0.15) is 49.6 Å². The van der Waals surface area contributed by atoms with Gasteiger partial charge in [0.2, 0.25) is 0 Å². The monoisotopic (exact) mass is 457 g/mol. The SMILES string of the molecule is CN=C(Nc1cncc(C(C)C)n1)C(=CN)c1ccc(-c2ccc(C3(C(=O)O)CC3)cn2)cn1. The van der Waals surface area contributed by atoms with Gasteiger partial charge in [-0.1, -0.05) is 19.9 Å². The van der Waals surface area contributed by atoms with E-state index in [1.807, 2.05) is 24.3 Å². The Balaban J connectivity index is 1.53. The Hall–Kier alpha value is -4.14. The molecule has 1 aliphatic rings. The number of carboxylic acid groups (broad SMARTS) is 1. The topological polar surface area (TPSA) is 139 Å². The molecule has 0 aliphatic heterocycles. The first-order chi connectivity index (χ1) is 16.4. The Morgan fingerprint density at radius 2 is 1.94 bits per heavy atom. The second kappa shape index (κ2) is 9.38. The van der Waals surface area contributed by atoms with E-state index < -0.39 is 11.4 Å². The minimum absolute atomic E-state index is 0.247. The predicted molar refractivity (Wildman–Crippen MR) is 131 cm³/mol. The van der Waals surface area contributed by atoms with Crippen molar-refractivity contribution in [3.05, 3.63) is 72.2 Å². The lowest BCUT2D eigenvalue weighted by Crippen LogP contribution is -2.19. The van der Waals surface area contributed by atoms with Gasteiger partial charge in [-0.05, 0) is 42.5 Å². The summed E-state index contributed by atoms with van der Waals surface area (Å²) in [4.78, 5) is 33.7. The molecular weight excluding hydrogens is 430 g/mol. The summed E-state index contributed by atoms with van der Waals surface area (Å²) in [5, 5.41) is 12.7. The number of amidine groups is 1. The molecule has 1 saturated carbocycles. The molecule has 174 valence electrons. The van der Waals surface area contributed by atoms with Crippen molar-refractivity contribution in [2.24, 2.45) is 10.7 Å². The van der Waals surface area contributed by atoms with Crippen LogP contribution in [0.4, 0.5) is 5.82 Å². The summed E-state index contributed by atoms with van der Waals surface area (Å²) in [6, 6.07) is 7.40. The zero-order valence-electron chi connectivity index (χ0n) is 19.4. The van der Waals surface area contributed by atoms with Gasteiger partial charge in [0.05, 0.1) is 34.3 Å². The fourth-order valence-electron chi connectivity index (χ4n) is 3.67. The number of nitrogens with one attached hydrogen (secondary N) is 1. The highest BCUT2D eigenvalue weighted by Gasteiger charge is 2.51. The third-order valence-electron chi connectivity index (χ3n) is 5.95. The van der Waals surface area contributed by atoms with E-state index in [4.69, 9.17) is 5.73 Å². The van der Waals surface area contributed by atoms with E-state index in [1.165, 1.54) is 6.20 Å². The summed E-state index contributed by atoms with van der Waals surface area (Å²) in [6.07, 6.45) is 9.47. The standard InChI is InChI=1S/C25H27N7O2/c1-15(2)21-13-28-14-22(31-21)32-23(27-3)18(10-26)20-6-4-16(11-29-20)19-7-5-17(12-30-19)25(8-9-25)24(33)34/h4-7,10-15H,8-9,26H2,1-3H3,(H,33,34)(H,27,31,32). The van der Waals surface area contributed by atoms with Crippen LogP contribution in [0.2, 0.25) is 0 Å². The fraction of sp³-hybridized carbons (Fsp3) is 0.280. The van der Waals surface area contributed by atoms with Gasteiger partial charge in [-0.2, -0.15) is 0 Å². The van der Waals surface area contributed by atoms with Crippen molar-refractivity contribution in [2.45, 2.75) is 38.0 Å². The highest BCUT2D eigenvalue weighted by Crippen LogP contribution is 2.48. The number of hydrogen-bond donors (Lipinski definition) is 3. The molecule has 34 heavy (non-hydrogen) atoms. The van der Waals surface area contributed by atoms with Crippen molar-refractivity contribution in [2.75, 3.05) is 12.4 Å². The smallest absolute Gasteiger partial charge is 0.314 e. The number of carbonyl (C=O) groups is 1. The lowest BCUT2D eigenvalue weighted by atomic mass is 9.97. The van der Waals surface area contributed by atoms with Gasteiger partial charge in [0.25, 0.3) is 0 Å². The molecule has 0 bridgehead atoms. The number of nitrogens with zero attached hydrogens (tertiary/aromatic N) is 5. The predicted octanol–water partition coefficient (Wildman–Crippen LogP) is 3.61. The van der Waals surface area contributed by atoms with Gasteiger partial charge in [0.15, 0.2) is 0 Å². The van der Waals surface area contributed by atoms with Crippen LogP contribution >= 0.6 is 0 Å². The minimum atomic E-state index is -0.793. The molecule has 3 heterocycles. The second-order valence-electron chi connectivity index (χ2n) is 8.51. The van der Waals surface area contributed by atoms with Crippen LogP contribution < -0.4 is 11.1 Å². The largest absolute Gasteiger partial charge is 0.481 e. The molecule has 0 amide bonds. The molecule has 0 aromatic carbocycles. The van der Waals surface area contributed by atoms with Crippen molar-refractivity contribution >= 4 is 23.2 Å². The van der Waals surface area contributed by atoms with Crippen LogP contribution in [0.3, 0.4) is 0 Å². The Morgan fingerprint density at radius 3 is 2.47 bits per heavy atom. The van der Waals surface area contributed by atoms with E-state index in [9.17, 15) is 9.90 Å². The third kappa shape index (κ3) is 4.50. The zero-order valence-corrected chi connectivity index (χ0v) is 19.4. The molecule has 3 aromatic heterocycles. The molecule has 4 rings (SSSR count). The normalized spacial score (nSPS) is 15.3. The molecule has 1 fully saturated rings. The lowest BCUT2D eigenvalue weighted by molar-refractivity contribution is -0.140. The maximum atomic E-state index is 11.5. The van der Waals surface area contributed by atoms with E-state index in [0.717, 1.165) is 16.8 Å². The summed E-state index contributed by atoms with van der Waals surface area (Å²) in [6.45, 7) is 4.11. The zero-order chi connectivity index (χ0) is 24.3. The van der Waals surface area contributed by atoms with Crippen molar-refractivity contribution in [3.63, 3.8) is 0 Å². The average molecular weight is 458 g/mol. The molecule has 0 unspecified atom stereocenters. The van der Waals surface area contributed by atoms with Crippen LogP contribution in [0.25, 0.3) is 16.8 Å². The van der Waals surface area contributed by atoms with Gasteiger partial charge >= 0.3 is 5.97 Å². The highest BCUT2D eigenvalue weighted by atomic mass is 16.4. The summed E-state index contributed by atoms with van der Waals surface area (Å²) < 4.78 is 0. The molecule has 0 atom stereocenters. The van der Waals surface area contributed by atoms with Crippen LogP contribution in [-0.2, 0) is 10.2 Å². The van der Waals surface area contributed by atoms with Crippen LogP contribution in [-0.4, -0.2) is 43.9 Å². The van der Waals surface area contributed by atoms with Crippen molar-refractivity contribution in [3.8, 4) is 11.3 Å². The van der Waals surface area contributed by atoms with E-state index >= 15 is 0 Å². The highest BCUT2D eigenvalue weighted by molar-refractivity contribution is 6.27. The lowest BCUT2D eigenvalue weighted by Gasteiger charge is -2.13. The molecule has 1 aliphatic carbocycles. The van der Waals surface area contributed by atoms with Gasteiger partial charge in [0.1, 0.15) is 11.7 Å². The number of carboxylic acids is 1. The number of aliphatic carboxylic acids is 1. The van der Waals surface area contributed by atoms with Crippen molar-refractivity contribution in [1.82, 2.24) is 19.9 Å². The Morgan fingerprint density at radius 1 is 1.15 bits per heavy atom. The maximum Gasteiger partial charge on any atom is 0.314 e. The van der Waals surface area contributed by atoms with Gasteiger partial charge in [-0.25, -0.2) is 4.98 Å². The number of hydrogen-bond acceptors (Lipinski definition) is 7. The van der Waals surface area contributed by atoms with E-state index in [-0.39, 0.29) is 5.92 Å². The van der Waals surface area contributed by atoms with Crippen molar-refractivity contribution < 1.29 is 9.90 Å². The first kappa shape index (κ1) is 23.0. The molecule has 4 N–H and O–H groups in total. The molecular formula is C25H27N7O2. The summed E-state index contributed by atoms with van der Waals surface area (Å²) in [5.74, 6) is 0.542. The van der Waals surface area contributed by atoms with Gasteiger partial charge in [-0.15, -0.1) is 0 Å². The second-order valence-corrected chi connectivity index (χ2v) is 8.51. The summed E-state index contributed by atoms with van der Waals surface area (Å²) in [5.41, 5.74) is 9.54. The number of aromatic nitrogens is 4. The van der Waals surface area contributed by atoms with Crippen LogP contribution in [0.15, 0.2) is 60.2 Å². The van der Waals surface area contributed by atoms with Gasteiger partial charge in [0, 0.05) is 37.4 Å². The van der Waals surface area contributed by atoms with E-state index in [1.54, 1.807) is 31.8 Å². The fourth-order valence-corrected chi connectivity index (χ4v) is 3.67. The van der Waals surface area contributed by atoms with E-state index in [2.05, 4.69) is 44.1 Å². The van der Waals surface area contributed by atoms with Crippen LogP contribution in [0.5, 0.6) is 0 Å². The number of anilines is 1. The summed E-state index contributed by atoms with van der Waals surface area (Å²) in [7, 11) is 1.66. The maximum absolute atomic E-state index is 11.5. The molecule has 9 nitrogen and oxygen atoms in total. The Labute approximate surface area is 197 Å². The molecule has 0 radical (unpaired) electrons. The molecule has 3 aromatic rings. The summed E-state index contributed by atoms with van der Waals surface area (Å²) >= 11 is 0. The average Bonchev–Trinajstić information content (AvgIpc) is 3.67. The first-order valence-electron chi connectivity index (χ1n) is 11.0.